The molecule has 2 heteroatoms. The summed E-state index contributed by atoms with van der Waals surface area (Å²) in [6.07, 6.45) is 0. The normalized spacial score (nSPS) is 11.4. The molecule has 0 aliphatic heterocycles. The minimum Gasteiger partial charge on any atom is -0.228 e. The molecule has 11 aromatic carbocycles. The predicted molar refractivity (Wildman–Crippen MR) is 270 cm³/mol. The number of fused-ring (bicyclic) bond motifs is 5. The van der Waals surface area contributed by atoms with Crippen LogP contribution < -0.4 is 0 Å². The van der Waals surface area contributed by atoms with Gasteiger partial charge in [-0.3, -0.25) is 0 Å². The van der Waals surface area contributed by atoms with Gasteiger partial charge < -0.3 is 0 Å². The van der Waals surface area contributed by atoms with Gasteiger partial charge in [-0.05, 0) is 93.7 Å². The van der Waals surface area contributed by atoms with E-state index < -0.39 is 0 Å². The molecule has 0 spiro atoms. The van der Waals surface area contributed by atoms with E-state index in [0.717, 1.165) is 44.8 Å². The minimum absolute atomic E-state index is 0.699. The van der Waals surface area contributed by atoms with Crippen molar-refractivity contribution in [1.29, 1.82) is 0 Å². The molecule has 0 bridgehead atoms. The first kappa shape index (κ1) is 37.3. The monoisotopic (exact) mass is 812 g/mol. The Morgan fingerprint density at radius 1 is 0.234 bits per heavy atom. The zero-order valence-electron chi connectivity index (χ0n) is 35.0. The lowest BCUT2D eigenvalue weighted by Crippen LogP contribution is -1.97. The van der Waals surface area contributed by atoms with E-state index >= 15 is 0 Å². The Morgan fingerprint density at radius 2 is 0.703 bits per heavy atom. The zero-order chi connectivity index (χ0) is 42.4. The summed E-state index contributed by atoms with van der Waals surface area (Å²) in [6.45, 7) is 0. The first-order valence-electron chi connectivity index (χ1n) is 21.9. The summed E-state index contributed by atoms with van der Waals surface area (Å²) in [4.78, 5) is 10.4. The molecule has 0 saturated heterocycles. The van der Waals surface area contributed by atoms with Crippen molar-refractivity contribution < 1.29 is 0 Å². The standard InChI is InChI=1S/C62H40N2/c1-3-18-46(19-4-1)60-55-28-14-13-27-54(55)59(56-39-38-44-17-8-10-24-50(44)61(56)60)47-36-32-42(33-37-47)41-30-34-45(35-31-41)57-40-58(64-62(63-57)48-20-5-2-6-21-48)53-26-12-11-25-52(53)51-29-15-22-43-16-7-9-23-49(43)51/h1-40H. The third kappa shape index (κ3) is 6.52. The van der Waals surface area contributed by atoms with Gasteiger partial charge in [0.15, 0.2) is 5.82 Å². The number of rotatable bonds is 7. The van der Waals surface area contributed by atoms with Gasteiger partial charge in [0.25, 0.3) is 0 Å². The highest BCUT2D eigenvalue weighted by molar-refractivity contribution is 6.28. The van der Waals surface area contributed by atoms with E-state index in [2.05, 4.69) is 224 Å². The molecule has 12 rings (SSSR count). The largest absolute Gasteiger partial charge is 0.228 e. The van der Waals surface area contributed by atoms with Crippen molar-refractivity contribution >= 4 is 43.1 Å². The van der Waals surface area contributed by atoms with Crippen LogP contribution in [0.25, 0.3) is 122 Å². The fraction of sp³-hybridized carbons (Fsp3) is 0. The molecule has 0 atom stereocenters. The maximum absolute atomic E-state index is 5.23. The van der Waals surface area contributed by atoms with Gasteiger partial charge in [-0.1, -0.05) is 237 Å². The van der Waals surface area contributed by atoms with Crippen LogP contribution in [0.3, 0.4) is 0 Å². The average Bonchev–Trinajstić information content (AvgIpc) is 3.38. The number of nitrogens with zero attached hydrogens (tertiary/aromatic N) is 2. The SMILES string of the molecule is c1ccc(-c2nc(-c3ccc(-c4ccc(-c5c6ccccc6c(-c6ccccc6)c6c5ccc5ccccc56)cc4)cc3)cc(-c3ccccc3-c3cccc4ccccc34)n2)cc1. The van der Waals surface area contributed by atoms with Crippen molar-refractivity contribution in [2.45, 2.75) is 0 Å². The topological polar surface area (TPSA) is 25.8 Å². The summed E-state index contributed by atoms with van der Waals surface area (Å²) in [5.74, 6) is 0.699. The van der Waals surface area contributed by atoms with E-state index in [9.17, 15) is 0 Å². The van der Waals surface area contributed by atoms with Crippen molar-refractivity contribution in [2.75, 3.05) is 0 Å². The maximum Gasteiger partial charge on any atom is 0.160 e. The van der Waals surface area contributed by atoms with Crippen LogP contribution in [0.1, 0.15) is 0 Å². The second-order valence-corrected chi connectivity index (χ2v) is 16.4. The molecule has 12 aromatic rings. The molecule has 1 aromatic heterocycles. The van der Waals surface area contributed by atoms with E-state index in [1.165, 1.54) is 70.9 Å². The minimum atomic E-state index is 0.699. The van der Waals surface area contributed by atoms with Gasteiger partial charge in [0.1, 0.15) is 0 Å². The lowest BCUT2D eigenvalue weighted by atomic mass is 9.84. The van der Waals surface area contributed by atoms with Crippen LogP contribution in [0.2, 0.25) is 0 Å². The molecule has 298 valence electrons. The van der Waals surface area contributed by atoms with Crippen molar-refractivity contribution in [2.24, 2.45) is 0 Å². The first-order chi connectivity index (χ1) is 31.7. The molecule has 0 unspecified atom stereocenters. The van der Waals surface area contributed by atoms with Crippen molar-refractivity contribution in [3.63, 3.8) is 0 Å². The van der Waals surface area contributed by atoms with E-state index in [-0.39, 0.29) is 0 Å². The average molecular weight is 813 g/mol. The molecule has 64 heavy (non-hydrogen) atoms. The number of aromatic nitrogens is 2. The van der Waals surface area contributed by atoms with Gasteiger partial charge in [0, 0.05) is 16.7 Å². The van der Waals surface area contributed by atoms with Crippen molar-refractivity contribution in [1.82, 2.24) is 9.97 Å². The van der Waals surface area contributed by atoms with Crippen LogP contribution in [0.5, 0.6) is 0 Å². The molecule has 0 fully saturated rings. The van der Waals surface area contributed by atoms with Gasteiger partial charge in [-0.15, -0.1) is 0 Å². The van der Waals surface area contributed by atoms with Crippen LogP contribution in [0.15, 0.2) is 243 Å². The Morgan fingerprint density at radius 3 is 1.41 bits per heavy atom. The van der Waals surface area contributed by atoms with Crippen LogP contribution in [-0.4, -0.2) is 9.97 Å². The fourth-order valence-electron chi connectivity index (χ4n) is 9.68. The van der Waals surface area contributed by atoms with Gasteiger partial charge in [-0.2, -0.15) is 0 Å². The fourth-order valence-corrected chi connectivity index (χ4v) is 9.68. The smallest absolute Gasteiger partial charge is 0.160 e. The molecule has 2 nitrogen and oxygen atoms in total. The third-order valence-corrected chi connectivity index (χ3v) is 12.7. The highest BCUT2D eigenvalue weighted by atomic mass is 14.9. The summed E-state index contributed by atoms with van der Waals surface area (Å²) in [5.41, 5.74) is 14.4. The highest BCUT2D eigenvalue weighted by Gasteiger charge is 2.19. The van der Waals surface area contributed by atoms with Crippen molar-refractivity contribution in [3.05, 3.63) is 243 Å². The molecule has 0 radical (unpaired) electrons. The summed E-state index contributed by atoms with van der Waals surface area (Å²) < 4.78 is 0. The second-order valence-electron chi connectivity index (χ2n) is 16.4. The Labute approximate surface area is 372 Å². The summed E-state index contributed by atoms with van der Waals surface area (Å²) in [6, 6.07) is 87.1. The predicted octanol–water partition coefficient (Wildman–Crippen LogP) is 16.8. The van der Waals surface area contributed by atoms with Crippen molar-refractivity contribution in [3.8, 4) is 78.4 Å². The first-order valence-corrected chi connectivity index (χ1v) is 21.9. The zero-order valence-corrected chi connectivity index (χ0v) is 35.0. The van der Waals surface area contributed by atoms with Crippen LogP contribution in [-0.2, 0) is 0 Å². The quantitative estimate of drug-likeness (QED) is 0.118. The van der Waals surface area contributed by atoms with E-state index in [1.807, 2.05) is 18.2 Å². The maximum atomic E-state index is 5.23. The molecule has 0 saturated carbocycles. The van der Waals surface area contributed by atoms with E-state index in [1.54, 1.807) is 0 Å². The molecule has 0 amide bonds. The van der Waals surface area contributed by atoms with Gasteiger partial charge in [0.2, 0.25) is 0 Å². The number of benzene rings is 11. The van der Waals surface area contributed by atoms with Gasteiger partial charge in [-0.25, -0.2) is 9.97 Å². The summed E-state index contributed by atoms with van der Waals surface area (Å²) in [7, 11) is 0. The third-order valence-electron chi connectivity index (χ3n) is 12.7. The molecule has 0 aliphatic rings. The van der Waals surface area contributed by atoms with E-state index in [0.29, 0.717) is 5.82 Å². The molecular weight excluding hydrogens is 773 g/mol. The summed E-state index contributed by atoms with van der Waals surface area (Å²) >= 11 is 0. The lowest BCUT2D eigenvalue weighted by molar-refractivity contribution is 1.18. The van der Waals surface area contributed by atoms with Crippen LogP contribution in [0, 0.1) is 0 Å². The van der Waals surface area contributed by atoms with Gasteiger partial charge in [0.05, 0.1) is 11.4 Å². The van der Waals surface area contributed by atoms with Crippen LogP contribution in [0.4, 0.5) is 0 Å². The molecule has 0 N–H and O–H groups in total. The number of hydrogen-bond donors (Lipinski definition) is 0. The van der Waals surface area contributed by atoms with E-state index in [4.69, 9.17) is 9.97 Å². The second kappa shape index (κ2) is 15.8. The Balaban J connectivity index is 0.943. The number of hydrogen-bond acceptors (Lipinski definition) is 2. The Hall–Kier alpha value is -8.46. The Kier molecular flexibility index (Phi) is 9.20. The summed E-state index contributed by atoms with van der Waals surface area (Å²) in [5, 5.41) is 9.99. The van der Waals surface area contributed by atoms with Crippen LogP contribution >= 0.6 is 0 Å². The lowest BCUT2D eigenvalue weighted by Gasteiger charge is -2.19. The highest BCUT2D eigenvalue weighted by Crippen LogP contribution is 2.46. The molecule has 0 aliphatic carbocycles. The molecular formula is C62H40N2. The molecule has 1 heterocycles. The van der Waals surface area contributed by atoms with Gasteiger partial charge >= 0.3 is 0 Å². The Bertz CT molecular complexity index is 3680.